The Morgan fingerprint density at radius 3 is 2.29 bits per heavy atom. The van der Waals surface area contributed by atoms with Crippen molar-refractivity contribution in [3.05, 3.63) is 71.3 Å². The van der Waals surface area contributed by atoms with Crippen molar-refractivity contribution < 1.29 is 22.0 Å². The molecule has 0 aliphatic heterocycles. The molecule has 3 N–H and O–H groups in total. The molecule has 0 spiro atoms. The number of carbonyl (C=O) groups excluding carboxylic acids is 1. The summed E-state index contributed by atoms with van der Waals surface area (Å²) in [6.07, 6.45) is 0. The molecule has 0 saturated carbocycles. The summed E-state index contributed by atoms with van der Waals surface area (Å²) in [6.45, 7) is 0. The Morgan fingerprint density at radius 1 is 1.11 bits per heavy atom. The topological polar surface area (TPSA) is 107 Å². The van der Waals surface area contributed by atoms with Crippen LogP contribution in [-0.2, 0) is 22.8 Å². The first-order valence-electron chi connectivity index (χ1n) is 8.02. The predicted octanol–water partition coefficient (Wildman–Crippen LogP) is 2.41. The molecule has 28 heavy (non-hydrogen) atoms. The lowest BCUT2D eigenvalue weighted by atomic mass is 10.1. The summed E-state index contributed by atoms with van der Waals surface area (Å²) in [6, 6.07) is 10.4. The zero-order chi connectivity index (χ0) is 20.5. The van der Waals surface area contributed by atoms with Crippen LogP contribution in [0.15, 0.2) is 48.5 Å². The van der Waals surface area contributed by atoms with Crippen molar-refractivity contribution in [3.63, 3.8) is 0 Å². The van der Waals surface area contributed by atoms with E-state index in [4.69, 9.17) is 5.14 Å². The van der Waals surface area contributed by atoms with Crippen LogP contribution in [0.1, 0.15) is 15.9 Å². The van der Waals surface area contributed by atoms with Gasteiger partial charge in [-0.25, -0.2) is 22.3 Å². The molecule has 7 nitrogen and oxygen atoms in total. The fourth-order valence-corrected chi connectivity index (χ4v) is 3.26. The Hall–Kier alpha value is -3.11. The lowest BCUT2D eigenvalue weighted by Crippen LogP contribution is -2.16. The van der Waals surface area contributed by atoms with Gasteiger partial charge in [0.05, 0.1) is 11.4 Å². The molecule has 146 valence electrons. The first kappa shape index (κ1) is 19.6. The molecule has 0 unspecified atom stereocenters. The minimum absolute atomic E-state index is 0.237. The van der Waals surface area contributed by atoms with Crippen molar-refractivity contribution >= 4 is 21.7 Å². The summed E-state index contributed by atoms with van der Waals surface area (Å²) < 4.78 is 50.4. The molecule has 0 fully saturated rings. The highest BCUT2D eigenvalue weighted by Gasteiger charge is 2.14. The van der Waals surface area contributed by atoms with Crippen LogP contribution in [0.3, 0.4) is 0 Å². The summed E-state index contributed by atoms with van der Waals surface area (Å²) in [5.41, 5.74) is 1.27. The van der Waals surface area contributed by atoms with Gasteiger partial charge in [-0.2, -0.15) is 5.10 Å². The molecule has 3 rings (SSSR count). The molecule has 0 radical (unpaired) electrons. The zero-order valence-electron chi connectivity index (χ0n) is 14.7. The number of nitrogens with zero attached hydrogens (tertiary/aromatic N) is 2. The molecular formula is C18H16F2N4O3S. The van der Waals surface area contributed by atoms with Crippen molar-refractivity contribution in [1.29, 1.82) is 0 Å². The molecule has 1 heterocycles. The molecule has 3 aromatic rings. The van der Waals surface area contributed by atoms with Gasteiger partial charge in [-0.05, 0) is 29.8 Å². The minimum atomic E-state index is -3.66. The van der Waals surface area contributed by atoms with E-state index in [-0.39, 0.29) is 16.9 Å². The van der Waals surface area contributed by atoms with E-state index in [1.54, 1.807) is 7.05 Å². The molecule has 2 aromatic carbocycles. The van der Waals surface area contributed by atoms with Gasteiger partial charge in [-0.15, -0.1) is 0 Å². The maximum atomic E-state index is 13.4. The van der Waals surface area contributed by atoms with Gasteiger partial charge in [0.1, 0.15) is 17.5 Å². The number of amides is 1. The lowest BCUT2D eigenvalue weighted by Gasteiger charge is -2.06. The summed E-state index contributed by atoms with van der Waals surface area (Å²) >= 11 is 0. The Kier molecular flexibility index (Phi) is 5.25. The van der Waals surface area contributed by atoms with Crippen molar-refractivity contribution in [2.45, 2.75) is 5.75 Å². The van der Waals surface area contributed by atoms with Crippen molar-refractivity contribution in [2.24, 2.45) is 12.2 Å². The third kappa shape index (κ3) is 4.78. The van der Waals surface area contributed by atoms with Gasteiger partial charge in [0, 0.05) is 30.3 Å². The third-order valence-corrected chi connectivity index (χ3v) is 4.60. The van der Waals surface area contributed by atoms with Gasteiger partial charge in [-0.1, -0.05) is 12.1 Å². The Labute approximate surface area is 159 Å². The van der Waals surface area contributed by atoms with Gasteiger partial charge < -0.3 is 5.32 Å². The van der Waals surface area contributed by atoms with E-state index >= 15 is 0 Å². The van der Waals surface area contributed by atoms with Gasteiger partial charge in [0.2, 0.25) is 10.0 Å². The fraction of sp³-hybridized carbons (Fsp3) is 0.111. The summed E-state index contributed by atoms with van der Waals surface area (Å²) in [5, 5.41) is 11.8. The molecule has 10 heteroatoms. The maximum absolute atomic E-state index is 13.4. The number of nitrogens with one attached hydrogen (secondary N) is 1. The quantitative estimate of drug-likeness (QED) is 0.678. The third-order valence-electron chi connectivity index (χ3n) is 3.86. The largest absolute Gasteiger partial charge is 0.307 e. The Morgan fingerprint density at radius 2 is 1.71 bits per heavy atom. The van der Waals surface area contributed by atoms with Gasteiger partial charge in [0.15, 0.2) is 0 Å². The molecule has 0 aliphatic rings. The van der Waals surface area contributed by atoms with Crippen LogP contribution in [0.5, 0.6) is 0 Å². The number of hydrogen-bond acceptors (Lipinski definition) is 4. The van der Waals surface area contributed by atoms with Crippen LogP contribution < -0.4 is 10.5 Å². The number of rotatable bonds is 5. The Bertz CT molecular complexity index is 1120. The minimum Gasteiger partial charge on any atom is -0.307 e. The van der Waals surface area contributed by atoms with Crippen molar-refractivity contribution in [1.82, 2.24) is 9.78 Å². The van der Waals surface area contributed by atoms with Gasteiger partial charge in [0.25, 0.3) is 5.91 Å². The zero-order valence-corrected chi connectivity index (χ0v) is 15.5. The van der Waals surface area contributed by atoms with Crippen LogP contribution in [0.4, 0.5) is 14.6 Å². The lowest BCUT2D eigenvalue weighted by molar-refractivity contribution is 0.102. The normalized spacial score (nSPS) is 11.4. The number of carbonyl (C=O) groups is 1. The van der Waals surface area contributed by atoms with E-state index in [2.05, 4.69) is 10.4 Å². The number of benzene rings is 2. The van der Waals surface area contributed by atoms with E-state index in [0.29, 0.717) is 17.1 Å². The summed E-state index contributed by atoms with van der Waals surface area (Å²) in [4.78, 5) is 12.4. The van der Waals surface area contributed by atoms with Crippen molar-refractivity contribution in [3.8, 4) is 11.3 Å². The van der Waals surface area contributed by atoms with E-state index in [9.17, 15) is 22.0 Å². The number of primary sulfonamides is 1. The van der Waals surface area contributed by atoms with Crippen LogP contribution >= 0.6 is 0 Å². The number of aromatic nitrogens is 2. The second kappa shape index (κ2) is 7.49. The van der Waals surface area contributed by atoms with Crippen LogP contribution in [0, 0.1) is 11.6 Å². The standard InChI is InChI=1S/C18H16F2N4O3S/c1-24-17(9-16(23-24)13-6-14(19)8-15(20)7-13)22-18(25)12-4-2-11(3-5-12)10-28(21,26)27/h2-9H,10H2,1H3,(H,22,25)(H2,21,26,27). The monoisotopic (exact) mass is 406 g/mol. The first-order chi connectivity index (χ1) is 13.1. The number of nitrogens with two attached hydrogens (primary N) is 1. The average Bonchev–Trinajstić information content (AvgIpc) is 2.94. The highest BCUT2D eigenvalue weighted by molar-refractivity contribution is 7.88. The number of sulfonamides is 1. The average molecular weight is 406 g/mol. The van der Waals surface area contributed by atoms with E-state index < -0.39 is 27.6 Å². The summed E-state index contributed by atoms with van der Waals surface area (Å²) in [7, 11) is -2.09. The molecule has 0 saturated heterocycles. The van der Waals surface area contributed by atoms with Crippen LogP contribution in [-0.4, -0.2) is 24.1 Å². The molecule has 0 atom stereocenters. The molecule has 0 bridgehead atoms. The molecule has 0 aliphatic carbocycles. The number of hydrogen-bond donors (Lipinski definition) is 2. The highest BCUT2D eigenvalue weighted by atomic mass is 32.2. The number of aryl methyl sites for hydroxylation is 1. The fourth-order valence-electron chi connectivity index (χ4n) is 2.60. The van der Waals surface area contributed by atoms with Crippen LogP contribution in [0.25, 0.3) is 11.3 Å². The smallest absolute Gasteiger partial charge is 0.256 e. The molecule has 1 aromatic heterocycles. The van der Waals surface area contributed by atoms with E-state index in [1.165, 1.54) is 35.0 Å². The molecular weight excluding hydrogens is 390 g/mol. The second-order valence-corrected chi connectivity index (χ2v) is 7.77. The second-order valence-electron chi connectivity index (χ2n) is 6.15. The Balaban J connectivity index is 1.78. The van der Waals surface area contributed by atoms with Gasteiger partial charge >= 0.3 is 0 Å². The van der Waals surface area contributed by atoms with Crippen molar-refractivity contribution in [2.75, 3.05) is 5.32 Å². The van der Waals surface area contributed by atoms with E-state index in [1.807, 2.05) is 0 Å². The summed E-state index contributed by atoms with van der Waals surface area (Å²) in [5.74, 6) is -1.93. The first-order valence-corrected chi connectivity index (χ1v) is 9.73. The van der Waals surface area contributed by atoms with E-state index in [0.717, 1.165) is 18.2 Å². The SMILES string of the molecule is Cn1nc(-c2cc(F)cc(F)c2)cc1NC(=O)c1ccc(CS(N)(=O)=O)cc1. The predicted molar refractivity (Wildman–Crippen MR) is 99.8 cm³/mol. The number of anilines is 1. The highest BCUT2D eigenvalue weighted by Crippen LogP contribution is 2.23. The number of halogens is 2. The van der Waals surface area contributed by atoms with Gasteiger partial charge in [-0.3, -0.25) is 9.48 Å². The maximum Gasteiger partial charge on any atom is 0.256 e. The van der Waals surface area contributed by atoms with Crippen LogP contribution in [0.2, 0.25) is 0 Å². The molecule has 1 amide bonds.